The van der Waals surface area contributed by atoms with Crippen LogP contribution in [0.25, 0.3) is 0 Å². The minimum atomic E-state index is -3.94. The van der Waals surface area contributed by atoms with Crippen LogP contribution in [0.2, 0.25) is 0 Å². The lowest BCUT2D eigenvalue weighted by Crippen LogP contribution is -2.30. The molecule has 1 aliphatic carbocycles. The van der Waals surface area contributed by atoms with Crippen molar-refractivity contribution in [3.05, 3.63) is 58.3 Å². The zero-order valence-corrected chi connectivity index (χ0v) is 17.3. The van der Waals surface area contributed by atoms with E-state index in [0.717, 1.165) is 12.1 Å². The van der Waals surface area contributed by atoms with Gasteiger partial charge in [0.1, 0.15) is 29.5 Å². The third-order valence-corrected chi connectivity index (χ3v) is 7.66. The zero-order chi connectivity index (χ0) is 20.8. The molecule has 5 nitrogen and oxygen atoms in total. The number of nitrogens with one attached hydrogen (secondary N) is 2. The van der Waals surface area contributed by atoms with Crippen molar-refractivity contribution in [1.29, 1.82) is 0 Å². The van der Waals surface area contributed by atoms with Crippen LogP contribution in [0, 0.1) is 17.5 Å². The molecule has 1 heterocycles. The molecule has 0 amide bonds. The lowest BCUT2D eigenvalue weighted by molar-refractivity contribution is 0.360. The van der Waals surface area contributed by atoms with E-state index >= 15 is 0 Å². The summed E-state index contributed by atoms with van der Waals surface area (Å²) in [5.41, 5.74) is -1.00. The first-order chi connectivity index (χ1) is 13.7. The summed E-state index contributed by atoms with van der Waals surface area (Å²) in [5.74, 6) is -3.54. The Morgan fingerprint density at radius 3 is 2.55 bits per heavy atom. The van der Waals surface area contributed by atoms with E-state index in [1.54, 1.807) is 12.2 Å². The van der Waals surface area contributed by atoms with E-state index in [-0.39, 0.29) is 30.2 Å². The largest absolute Gasteiger partial charge is 0.487 e. The first-order valence-electron chi connectivity index (χ1n) is 8.77. The smallest absolute Gasteiger partial charge is 0.238 e. The lowest BCUT2D eigenvalue weighted by atomic mass is 10.2. The van der Waals surface area contributed by atoms with E-state index in [2.05, 4.69) is 26.0 Å². The highest BCUT2D eigenvalue weighted by Gasteiger charge is 2.54. The highest BCUT2D eigenvalue weighted by molar-refractivity contribution is 9.10. The predicted octanol–water partition coefficient (Wildman–Crippen LogP) is 5.22. The van der Waals surface area contributed by atoms with Crippen LogP contribution in [0.5, 0.6) is 5.75 Å². The number of sulfonamides is 1. The molecule has 0 unspecified atom stereocenters. The van der Waals surface area contributed by atoms with Gasteiger partial charge in [-0.3, -0.25) is 4.72 Å². The van der Waals surface area contributed by atoms with E-state index in [4.69, 9.17) is 4.74 Å². The van der Waals surface area contributed by atoms with Crippen LogP contribution in [0.4, 0.5) is 30.2 Å². The van der Waals surface area contributed by atoms with Crippen LogP contribution in [0.15, 0.2) is 40.9 Å². The van der Waals surface area contributed by atoms with Gasteiger partial charge in [-0.05, 0) is 37.5 Å². The van der Waals surface area contributed by atoms with Crippen LogP contribution >= 0.6 is 15.9 Å². The molecular weight excluding hydrogens is 473 g/mol. The second-order valence-corrected chi connectivity index (χ2v) is 9.94. The summed E-state index contributed by atoms with van der Waals surface area (Å²) >= 11 is 3.12. The van der Waals surface area contributed by atoms with Crippen molar-refractivity contribution in [2.75, 3.05) is 16.6 Å². The molecule has 1 saturated carbocycles. The fraction of sp³-hybridized carbons (Fsp3) is 0.263. The third-order valence-electron chi connectivity index (χ3n) is 4.98. The summed E-state index contributed by atoms with van der Waals surface area (Å²) in [6.07, 6.45) is 4.53. The molecule has 0 atom stereocenters. The van der Waals surface area contributed by atoms with Crippen LogP contribution in [0.1, 0.15) is 19.3 Å². The molecule has 4 rings (SSSR count). The Kier molecular flexibility index (Phi) is 5.02. The number of halogens is 4. The normalized spacial score (nSPS) is 19.0. The molecule has 2 aliphatic rings. The molecule has 29 heavy (non-hydrogen) atoms. The van der Waals surface area contributed by atoms with Gasteiger partial charge >= 0.3 is 0 Å². The Bertz CT molecular complexity index is 1120. The number of hydrogen-bond donors (Lipinski definition) is 2. The van der Waals surface area contributed by atoms with Crippen molar-refractivity contribution < 1.29 is 26.3 Å². The SMILES string of the molecule is O=S1(=O)Nc2c(cc(F)c(F)c2Nc2ccc(Br)cc2F)OCC=CCC12CC2. The Balaban J connectivity index is 1.86. The van der Waals surface area contributed by atoms with Crippen molar-refractivity contribution >= 4 is 43.0 Å². The van der Waals surface area contributed by atoms with Crippen molar-refractivity contribution in [3.8, 4) is 5.75 Å². The fourth-order valence-electron chi connectivity index (χ4n) is 3.13. The summed E-state index contributed by atoms with van der Waals surface area (Å²) in [6.45, 7) is 0.0436. The average molecular weight is 489 g/mol. The van der Waals surface area contributed by atoms with Gasteiger partial charge in [-0.25, -0.2) is 21.6 Å². The maximum atomic E-state index is 14.7. The van der Waals surface area contributed by atoms with Crippen molar-refractivity contribution in [2.45, 2.75) is 24.0 Å². The van der Waals surface area contributed by atoms with Crippen LogP contribution in [0.3, 0.4) is 0 Å². The van der Waals surface area contributed by atoms with Crippen LogP contribution in [-0.2, 0) is 10.0 Å². The minimum absolute atomic E-state index is 0.0436. The Labute approximate surface area is 174 Å². The molecule has 1 aliphatic heterocycles. The summed E-state index contributed by atoms with van der Waals surface area (Å²) in [5, 5.41) is 2.47. The zero-order valence-electron chi connectivity index (χ0n) is 14.9. The van der Waals surface area contributed by atoms with Gasteiger partial charge in [0.2, 0.25) is 10.0 Å². The van der Waals surface area contributed by atoms with Gasteiger partial charge in [-0.15, -0.1) is 0 Å². The Morgan fingerprint density at radius 1 is 1.10 bits per heavy atom. The highest BCUT2D eigenvalue weighted by Crippen LogP contribution is 2.49. The van der Waals surface area contributed by atoms with E-state index in [1.807, 2.05) is 0 Å². The van der Waals surface area contributed by atoms with Gasteiger partial charge in [0.05, 0.1) is 10.4 Å². The van der Waals surface area contributed by atoms with Gasteiger partial charge in [-0.1, -0.05) is 28.1 Å². The number of fused-ring (bicyclic) bond motifs is 1. The number of rotatable bonds is 2. The van der Waals surface area contributed by atoms with Gasteiger partial charge in [-0.2, -0.15) is 0 Å². The predicted molar refractivity (Wildman–Crippen MR) is 108 cm³/mol. The molecule has 154 valence electrons. The molecule has 2 N–H and O–H groups in total. The summed E-state index contributed by atoms with van der Waals surface area (Å²) in [7, 11) is -3.94. The van der Waals surface area contributed by atoms with E-state index in [0.29, 0.717) is 17.3 Å². The third kappa shape index (κ3) is 3.71. The van der Waals surface area contributed by atoms with Gasteiger partial charge in [0.25, 0.3) is 0 Å². The molecular formula is C19H16BrF3N2O3S. The topological polar surface area (TPSA) is 67.4 Å². The van der Waals surface area contributed by atoms with Crippen LogP contribution in [-0.4, -0.2) is 19.8 Å². The fourth-order valence-corrected chi connectivity index (χ4v) is 5.11. The molecule has 1 spiro atoms. The van der Waals surface area contributed by atoms with Crippen LogP contribution < -0.4 is 14.8 Å². The number of benzene rings is 2. The second-order valence-electron chi connectivity index (χ2n) is 6.94. The number of ether oxygens (including phenoxy) is 1. The Morgan fingerprint density at radius 2 is 1.86 bits per heavy atom. The monoisotopic (exact) mass is 488 g/mol. The number of hydrogen-bond acceptors (Lipinski definition) is 4. The maximum absolute atomic E-state index is 14.7. The number of allylic oxidation sites excluding steroid dienone is 1. The van der Waals surface area contributed by atoms with Gasteiger partial charge < -0.3 is 10.1 Å². The first kappa shape index (κ1) is 20.1. The second kappa shape index (κ2) is 7.24. The average Bonchev–Trinajstić information content (AvgIpc) is 3.44. The maximum Gasteiger partial charge on any atom is 0.238 e. The van der Waals surface area contributed by atoms with Gasteiger partial charge in [0.15, 0.2) is 11.6 Å². The summed E-state index contributed by atoms with van der Waals surface area (Å²) in [6, 6.07) is 4.73. The first-order valence-corrected chi connectivity index (χ1v) is 11.0. The van der Waals surface area contributed by atoms with Crippen molar-refractivity contribution in [3.63, 3.8) is 0 Å². The molecule has 2 aromatic rings. The molecule has 0 aromatic heterocycles. The molecule has 2 aromatic carbocycles. The van der Waals surface area contributed by atoms with E-state index in [9.17, 15) is 21.6 Å². The minimum Gasteiger partial charge on any atom is -0.487 e. The molecule has 0 saturated heterocycles. The van der Waals surface area contributed by atoms with E-state index < -0.39 is 37.9 Å². The highest BCUT2D eigenvalue weighted by atomic mass is 79.9. The molecule has 0 bridgehead atoms. The number of anilines is 3. The standard InChI is InChI=1S/C19H16BrF3N2O3S/c20-11-3-4-14(12(21)9-11)24-18-16(23)13(22)10-15-17(18)25-29(26,27)19(6-7-19)5-1-2-8-28-15/h1-4,9-10,24-25H,5-8H2. The quantitative estimate of drug-likeness (QED) is 0.568. The molecule has 1 fully saturated rings. The molecule has 10 heteroatoms. The Hall–Kier alpha value is -2.20. The molecule has 0 radical (unpaired) electrons. The lowest BCUT2D eigenvalue weighted by Gasteiger charge is -2.23. The summed E-state index contributed by atoms with van der Waals surface area (Å²) in [4.78, 5) is 0. The van der Waals surface area contributed by atoms with E-state index in [1.165, 1.54) is 12.1 Å². The van der Waals surface area contributed by atoms with Gasteiger partial charge in [0, 0.05) is 10.5 Å². The summed E-state index contributed by atoms with van der Waals surface area (Å²) < 4.78 is 76.3. The van der Waals surface area contributed by atoms with Crippen molar-refractivity contribution in [1.82, 2.24) is 0 Å². The van der Waals surface area contributed by atoms with Crippen molar-refractivity contribution in [2.24, 2.45) is 0 Å².